The van der Waals surface area contributed by atoms with Gasteiger partial charge in [0.2, 0.25) is 0 Å². The van der Waals surface area contributed by atoms with E-state index in [1.165, 1.54) is 30.6 Å². The average molecular weight is 628 g/mol. The summed E-state index contributed by atoms with van der Waals surface area (Å²) < 4.78 is 30.9. The van der Waals surface area contributed by atoms with E-state index in [1.807, 2.05) is 0 Å². The molecule has 0 saturated heterocycles. The fourth-order valence-corrected chi connectivity index (χ4v) is 4.10. The normalized spacial score (nSPS) is 11.9. The van der Waals surface area contributed by atoms with Crippen LogP contribution in [0, 0.1) is 0 Å². The molecule has 0 spiro atoms. The van der Waals surface area contributed by atoms with E-state index in [0.717, 1.165) is 25.7 Å². The third kappa shape index (κ3) is 29.8. The zero-order valence-corrected chi connectivity index (χ0v) is 33.6. The Morgan fingerprint density at radius 1 is 0.725 bits per heavy atom. The zero-order chi connectivity index (χ0) is 27.6. The van der Waals surface area contributed by atoms with Gasteiger partial charge in [-0.05, 0) is 25.3 Å². The Labute approximate surface area is 326 Å². The summed E-state index contributed by atoms with van der Waals surface area (Å²) in [5.74, 6) is -5.94. The predicted octanol–water partition coefficient (Wildman–Crippen LogP) is -15.6. The van der Waals surface area contributed by atoms with Crippen LogP contribution in [0.3, 0.4) is 0 Å². The minimum absolute atomic E-state index is 0. The van der Waals surface area contributed by atoms with E-state index in [4.69, 9.17) is 4.55 Å². The van der Waals surface area contributed by atoms with Crippen molar-refractivity contribution in [1.82, 2.24) is 9.80 Å². The molecule has 210 valence electrons. The van der Waals surface area contributed by atoms with E-state index in [-0.39, 0.29) is 151 Å². The van der Waals surface area contributed by atoms with E-state index in [2.05, 4.69) is 11.9 Å². The number of carboxylic acids is 3. The second-order valence-electron chi connectivity index (χ2n) is 8.57. The molecule has 0 saturated carbocycles. The maximum Gasteiger partial charge on any atom is 1.00 e. The molecule has 0 heterocycles. The average Bonchev–Trinajstić information content (AvgIpc) is 2.75. The van der Waals surface area contributed by atoms with Gasteiger partial charge in [-0.15, -0.1) is 0 Å². The molecule has 0 aromatic carbocycles. The quantitative estimate of drug-likeness (QED) is 0.0367. The molecule has 0 bridgehead atoms. The number of aliphatic carboxylic acids is 3. The molecule has 0 aliphatic heterocycles. The second kappa shape index (κ2) is 30.7. The summed E-state index contributed by atoms with van der Waals surface area (Å²) in [6.45, 7) is 1.78. The molecule has 1 atom stereocenters. The molecule has 0 fully saturated rings. The molecule has 0 aromatic heterocycles. The van der Waals surface area contributed by atoms with Crippen LogP contribution >= 0.6 is 0 Å². The Bertz CT molecular complexity index is 823. The number of carboxylic acid groups (broad SMARTS) is 3. The largest absolute Gasteiger partial charge is 1.00 e. The summed E-state index contributed by atoms with van der Waals surface area (Å²) in [5.41, 5.74) is 0. The van der Waals surface area contributed by atoms with Gasteiger partial charge in [-0.1, -0.05) is 51.9 Å². The first-order chi connectivity index (χ1) is 16.9. The molecule has 0 aliphatic carbocycles. The minimum Gasteiger partial charge on any atom is -0.862 e. The van der Waals surface area contributed by atoms with Gasteiger partial charge in [0, 0.05) is 32.7 Å². The van der Waals surface area contributed by atoms with Gasteiger partial charge in [0.05, 0.1) is 24.5 Å². The van der Waals surface area contributed by atoms with Crippen LogP contribution in [0.2, 0.25) is 0 Å². The molecule has 1 unspecified atom stereocenters. The van der Waals surface area contributed by atoms with E-state index < -0.39 is 52.1 Å². The Balaban J connectivity index is -0.00000102. The first kappa shape index (κ1) is 51.3. The molecule has 40 heavy (non-hydrogen) atoms. The molecule has 18 heteroatoms. The van der Waals surface area contributed by atoms with Gasteiger partial charge in [-0.25, -0.2) is 0 Å². The Hall–Kier alpha value is 1.71. The summed E-state index contributed by atoms with van der Waals surface area (Å²) >= 11 is 0. The maximum absolute atomic E-state index is 11.8. The van der Waals surface area contributed by atoms with Crippen molar-refractivity contribution in [2.75, 3.05) is 45.8 Å². The van der Waals surface area contributed by atoms with E-state index in [1.54, 1.807) is 4.90 Å². The molecule has 13 nitrogen and oxygen atoms in total. The fourth-order valence-electron chi connectivity index (χ4n) is 3.51. The first-order valence-corrected chi connectivity index (χ1v) is 13.6. The number of rotatable bonds is 23. The minimum atomic E-state index is -5.06. The van der Waals surface area contributed by atoms with Crippen molar-refractivity contribution in [3.8, 4) is 0 Å². The van der Waals surface area contributed by atoms with Crippen LogP contribution in [-0.4, -0.2) is 97.6 Å². The van der Waals surface area contributed by atoms with Crippen LogP contribution in [0.5, 0.6) is 0 Å². The molecule has 0 amide bonds. The van der Waals surface area contributed by atoms with Crippen LogP contribution in [0.4, 0.5) is 0 Å². The van der Waals surface area contributed by atoms with Crippen LogP contribution in [0.25, 0.3) is 0 Å². The molecule has 0 radical (unpaired) electrons. The van der Waals surface area contributed by atoms with E-state index in [0.29, 0.717) is 6.54 Å². The molecule has 0 rings (SSSR count). The smallest absolute Gasteiger partial charge is 0.862 e. The van der Waals surface area contributed by atoms with Gasteiger partial charge >= 0.3 is 118 Å². The van der Waals surface area contributed by atoms with Gasteiger partial charge in [0.15, 0.2) is 0 Å². The van der Waals surface area contributed by atoms with Crippen molar-refractivity contribution in [3.63, 3.8) is 0 Å². The van der Waals surface area contributed by atoms with Gasteiger partial charge in [-0.3, -0.25) is 14.4 Å². The number of carbonyl (C=O) groups is 3. The van der Waals surface area contributed by atoms with Crippen molar-refractivity contribution >= 4 is 33.9 Å². The second-order valence-corrected chi connectivity index (χ2v) is 10.2. The van der Waals surface area contributed by atoms with Crippen molar-refractivity contribution in [1.29, 1.82) is 0 Å². The monoisotopic (exact) mass is 627 g/mol. The maximum atomic E-state index is 11.8. The Morgan fingerprint density at radius 3 is 1.55 bits per heavy atom. The van der Waals surface area contributed by atoms with Crippen LogP contribution < -0.4 is 139 Å². The van der Waals surface area contributed by atoms with Crippen molar-refractivity contribution in [2.45, 2.75) is 70.0 Å². The SMILES string of the molecule is CCCCCCCCCCN(CCN(CCN=C([O-])CC(C(=O)[O-])S(=O)(=O)O)CC(=O)[O-])CC(=O)[O-].[Na+].[Na+].[Na+].[Na+]. The number of carbonyl (C=O) groups excluding carboxylic acids is 3. The molecule has 0 aliphatic rings. The first-order valence-electron chi connectivity index (χ1n) is 12.1. The standard InChI is InChI=1S/C22H41N3O10S.4Na/c1-2-3-4-5-6-7-8-9-11-24(16-20(27)28)13-14-25(17-21(29)30)12-10-23-19(26)15-18(22(31)32)36(33,34)35;;;;/h18H,2-17H2,1H3,(H,23,26)(H,27,28)(H,29,30)(H,31,32)(H,33,34,35);;;;/q;4*+1/p-4. The van der Waals surface area contributed by atoms with Crippen molar-refractivity contribution in [3.05, 3.63) is 0 Å². The van der Waals surface area contributed by atoms with Crippen molar-refractivity contribution < 1.29 is 166 Å². The molecular weight excluding hydrogens is 590 g/mol. The van der Waals surface area contributed by atoms with Crippen LogP contribution in [0.1, 0.15) is 64.7 Å². The van der Waals surface area contributed by atoms with E-state index in [9.17, 15) is 43.2 Å². The van der Waals surface area contributed by atoms with Crippen LogP contribution in [0.15, 0.2) is 4.99 Å². The number of nitrogens with zero attached hydrogens (tertiary/aromatic N) is 3. The number of hydrogen-bond donors (Lipinski definition) is 1. The van der Waals surface area contributed by atoms with Crippen molar-refractivity contribution in [2.24, 2.45) is 4.99 Å². The number of unbranched alkanes of at least 4 members (excludes halogenated alkanes) is 7. The third-order valence-electron chi connectivity index (χ3n) is 5.45. The molecule has 1 N–H and O–H groups in total. The summed E-state index contributed by atoms with van der Waals surface area (Å²) in [4.78, 5) is 39.5. The Kier molecular flexibility index (Phi) is 39.4. The summed E-state index contributed by atoms with van der Waals surface area (Å²) in [6.07, 6.45) is 7.53. The summed E-state index contributed by atoms with van der Waals surface area (Å²) in [6, 6.07) is 0. The summed E-state index contributed by atoms with van der Waals surface area (Å²) in [7, 11) is -5.06. The number of aliphatic imine (C=N–C) groups is 1. The van der Waals surface area contributed by atoms with Crippen LogP contribution in [-0.2, 0) is 24.5 Å². The summed E-state index contributed by atoms with van der Waals surface area (Å²) in [5, 5.41) is 42.3. The van der Waals surface area contributed by atoms with Gasteiger partial charge < -0.3 is 39.8 Å². The number of hydrogen-bond acceptors (Lipinski definition) is 12. The van der Waals surface area contributed by atoms with E-state index >= 15 is 0 Å². The third-order valence-corrected chi connectivity index (χ3v) is 6.53. The molecule has 0 aromatic rings. The van der Waals surface area contributed by atoms with Gasteiger partial charge in [0.25, 0.3) is 10.1 Å². The fraction of sp³-hybridized carbons (Fsp3) is 0.818. The Morgan fingerprint density at radius 2 is 1.15 bits per heavy atom. The topological polar surface area (TPSA) is 217 Å². The van der Waals surface area contributed by atoms with Gasteiger partial charge in [0.1, 0.15) is 5.25 Å². The predicted molar refractivity (Wildman–Crippen MR) is 123 cm³/mol. The molecular formula is C22H37N3Na4O10S. The van der Waals surface area contributed by atoms with Gasteiger partial charge in [-0.2, -0.15) is 8.42 Å². The zero-order valence-electron chi connectivity index (χ0n) is 24.8.